The molecule has 0 bridgehead atoms. The van der Waals surface area contributed by atoms with Crippen LogP contribution in [0, 0.1) is 0 Å². The third kappa shape index (κ3) is 7.00. The number of carbonyl (C=O) groups excluding carboxylic acids is 1. The van der Waals surface area contributed by atoms with Crippen molar-refractivity contribution >= 4 is 12.1 Å². The Kier molecular flexibility index (Phi) is 8.24. The number of allylic oxidation sites excluding steroid dienone is 4. The SMILES string of the molecule is NC1=CCC(COc2cccnc2)=C(F)C=C1.O=Cc1cncc(N2CCOCC2)n1. The Morgan fingerprint density at radius 3 is 2.77 bits per heavy atom. The van der Waals surface area contributed by atoms with Crippen LogP contribution < -0.4 is 15.4 Å². The zero-order valence-corrected chi connectivity index (χ0v) is 17.0. The second kappa shape index (κ2) is 11.6. The van der Waals surface area contributed by atoms with E-state index in [4.69, 9.17) is 15.2 Å². The van der Waals surface area contributed by atoms with Gasteiger partial charge in [-0.3, -0.25) is 14.8 Å². The Balaban J connectivity index is 0.000000179. The van der Waals surface area contributed by atoms with Crippen molar-refractivity contribution in [1.82, 2.24) is 15.0 Å². The van der Waals surface area contributed by atoms with Crippen molar-refractivity contribution in [2.45, 2.75) is 6.42 Å². The number of carbonyl (C=O) groups is 1. The highest BCUT2D eigenvalue weighted by Crippen LogP contribution is 2.19. The van der Waals surface area contributed by atoms with Gasteiger partial charge in [0.1, 0.15) is 29.7 Å². The van der Waals surface area contributed by atoms with Gasteiger partial charge in [0.15, 0.2) is 6.29 Å². The maximum atomic E-state index is 13.6. The van der Waals surface area contributed by atoms with Crippen LogP contribution in [-0.2, 0) is 4.74 Å². The molecule has 0 spiro atoms. The Bertz CT molecular complexity index is 957. The highest BCUT2D eigenvalue weighted by molar-refractivity contribution is 5.71. The summed E-state index contributed by atoms with van der Waals surface area (Å²) < 4.78 is 24.3. The first kappa shape index (κ1) is 22.1. The average Bonchev–Trinajstić information content (AvgIpc) is 3.00. The van der Waals surface area contributed by atoms with E-state index in [1.165, 1.54) is 12.3 Å². The fourth-order valence-electron chi connectivity index (χ4n) is 2.80. The second-order valence-corrected chi connectivity index (χ2v) is 6.69. The van der Waals surface area contributed by atoms with Crippen LogP contribution in [0.4, 0.5) is 10.2 Å². The molecule has 0 radical (unpaired) electrons. The Morgan fingerprint density at radius 2 is 2.03 bits per heavy atom. The Morgan fingerprint density at radius 1 is 1.19 bits per heavy atom. The molecular formula is C22H24FN5O3. The molecule has 0 aromatic carbocycles. The van der Waals surface area contributed by atoms with Gasteiger partial charge in [0.05, 0.1) is 31.8 Å². The van der Waals surface area contributed by atoms with Crippen LogP contribution >= 0.6 is 0 Å². The summed E-state index contributed by atoms with van der Waals surface area (Å²) in [4.78, 5) is 24.6. The number of aldehydes is 1. The number of aromatic nitrogens is 3. The van der Waals surface area contributed by atoms with Gasteiger partial charge in [-0.1, -0.05) is 6.08 Å². The molecule has 0 atom stereocenters. The fraction of sp³-hybridized carbons (Fsp3) is 0.273. The monoisotopic (exact) mass is 425 g/mol. The van der Waals surface area contributed by atoms with Gasteiger partial charge in [0.2, 0.25) is 0 Å². The second-order valence-electron chi connectivity index (χ2n) is 6.69. The molecule has 0 unspecified atom stereocenters. The molecule has 1 fully saturated rings. The molecule has 2 aromatic rings. The number of rotatable bonds is 5. The average molecular weight is 425 g/mol. The third-order valence-electron chi connectivity index (χ3n) is 4.49. The number of ether oxygens (including phenoxy) is 2. The summed E-state index contributed by atoms with van der Waals surface area (Å²) >= 11 is 0. The van der Waals surface area contributed by atoms with Crippen molar-refractivity contribution in [2.24, 2.45) is 5.73 Å². The van der Waals surface area contributed by atoms with Gasteiger partial charge < -0.3 is 20.1 Å². The van der Waals surface area contributed by atoms with E-state index >= 15 is 0 Å². The largest absolute Gasteiger partial charge is 0.488 e. The number of pyridine rings is 1. The van der Waals surface area contributed by atoms with Gasteiger partial charge in [-0.2, -0.15) is 0 Å². The molecule has 2 aromatic heterocycles. The van der Waals surface area contributed by atoms with E-state index in [-0.39, 0.29) is 12.4 Å². The molecule has 8 nitrogen and oxygen atoms in total. The van der Waals surface area contributed by atoms with Gasteiger partial charge in [0.25, 0.3) is 0 Å². The minimum Gasteiger partial charge on any atom is -0.488 e. The molecule has 31 heavy (non-hydrogen) atoms. The normalized spacial score (nSPS) is 16.0. The lowest BCUT2D eigenvalue weighted by molar-refractivity contribution is 0.111. The molecule has 1 saturated heterocycles. The van der Waals surface area contributed by atoms with Crippen LogP contribution in [-0.4, -0.2) is 54.1 Å². The lowest BCUT2D eigenvalue weighted by Gasteiger charge is -2.27. The molecule has 0 amide bonds. The summed E-state index contributed by atoms with van der Waals surface area (Å²) in [5.74, 6) is 1.08. The van der Waals surface area contributed by atoms with Crippen LogP contribution in [0.2, 0.25) is 0 Å². The van der Waals surface area contributed by atoms with Crippen molar-refractivity contribution < 1.29 is 18.7 Å². The number of anilines is 1. The minimum atomic E-state index is -0.286. The number of morpholine rings is 1. The lowest BCUT2D eigenvalue weighted by Crippen LogP contribution is -2.36. The van der Waals surface area contributed by atoms with Gasteiger partial charge in [-0.05, 0) is 30.7 Å². The predicted octanol–water partition coefficient (Wildman–Crippen LogP) is 2.61. The minimum absolute atomic E-state index is 0.200. The quantitative estimate of drug-likeness (QED) is 0.729. The topological polar surface area (TPSA) is 103 Å². The van der Waals surface area contributed by atoms with E-state index < -0.39 is 0 Å². The lowest BCUT2D eigenvalue weighted by atomic mass is 10.2. The van der Waals surface area contributed by atoms with E-state index in [9.17, 15) is 9.18 Å². The summed E-state index contributed by atoms with van der Waals surface area (Å²) in [6.07, 6.45) is 12.2. The first-order valence-corrected chi connectivity index (χ1v) is 9.79. The zero-order valence-electron chi connectivity index (χ0n) is 17.0. The van der Waals surface area contributed by atoms with E-state index in [0.29, 0.717) is 48.6 Å². The number of hydrogen-bond donors (Lipinski definition) is 1. The highest BCUT2D eigenvalue weighted by Gasteiger charge is 2.12. The molecule has 1 aliphatic heterocycles. The van der Waals surface area contributed by atoms with Crippen molar-refractivity contribution in [3.05, 3.63) is 77.9 Å². The summed E-state index contributed by atoms with van der Waals surface area (Å²) in [6.45, 7) is 3.21. The third-order valence-corrected chi connectivity index (χ3v) is 4.49. The maximum absolute atomic E-state index is 13.6. The van der Waals surface area contributed by atoms with E-state index in [2.05, 4.69) is 19.9 Å². The summed E-state index contributed by atoms with van der Waals surface area (Å²) in [5, 5.41) is 0. The summed E-state index contributed by atoms with van der Waals surface area (Å²) in [6, 6.07) is 3.55. The molecule has 4 rings (SSSR count). The first-order valence-electron chi connectivity index (χ1n) is 9.79. The maximum Gasteiger partial charge on any atom is 0.170 e. The molecular weight excluding hydrogens is 401 g/mol. The van der Waals surface area contributed by atoms with Crippen molar-refractivity contribution in [1.29, 1.82) is 0 Å². The number of halogens is 1. The zero-order chi connectivity index (χ0) is 21.9. The molecule has 9 heteroatoms. The predicted molar refractivity (Wildman–Crippen MR) is 114 cm³/mol. The van der Waals surface area contributed by atoms with E-state index in [0.717, 1.165) is 18.9 Å². The van der Waals surface area contributed by atoms with Crippen LogP contribution in [0.15, 0.2) is 72.2 Å². The van der Waals surface area contributed by atoms with Gasteiger partial charge >= 0.3 is 0 Å². The summed E-state index contributed by atoms with van der Waals surface area (Å²) in [5.41, 5.74) is 7.11. The molecule has 2 N–H and O–H groups in total. The smallest absolute Gasteiger partial charge is 0.170 e. The van der Waals surface area contributed by atoms with Crippen LogP contribution in [0.5, 0.6) is 5.75 Å². The van der Waals surface area contributed by atoms with Crippen molar-refractivity contribution in [2.75, 3.05) is 37.8 Å². The number of nitrogens with two attached hydrogens (primary N) is 1. The molecule has 1 aliphatic carbocycles. The standard InChI is InChI=1S/C13H13FN2O.C9H11N3O2/c14-13-6-5-11(15)4-3-10(13)9-17-12-2-1-7-16-8-12;13-7-8-5-10-6-9(11-8)12-1-3-14-4-2-12/h1-2,4-8H,3,9,15H2;5-7H,1-4H2. The molecule has 2 aliphatic rings. The first-order chi connectivity index (χ1) is 15.2. The molecule has 3 heterocycles. The van der Waals surface area contributed by atoms with E-state index in [1.54, 1.807) is 42.9 Å². The van der Waals surface area contributed by atoms with E-state index in [1.807, 2.05) is 0 Å². The van der Waals surface area contributed by atoms with Gasteiger partial charge in [0, 0.05) is 30.6 Å². The Hall–Kier alpha value is -3.59. The fourth-order valence-corrected chi connectivity index (χ4v) is 2.80. The highest BCUT2D eigenvalue weighted by atomic mass is 19.1. The van der Waals surface area contributed by atoms with Crippen molar-refractivity contribution in [3.8, 4) is 5.75 Å². The van der Waals surface area contributed by atoms with Crippen LogP contribution in [0.1, 0.15) is 16.9 Å². The van der Waals surface area contributed by atoms with Gasteiger partial charge in [-0.15, -0.1) is 0 Å². The van der Waals surface area contributed by atoms with Crippen LogP contribution in [0.25, 0.3) is 0 Å². The van der Waals surface area contributed by atoms with Crippen molar-refractivity contribution in [3.63, 3.8) is 0 Å². The van der Waals surface area contributed by atoms with Crippen LogP contribution in [0.3, 0.4) is 0 Å². The summed E-state index contributed by atoms with van der Waals surface area (Å²) in [7, 11) is 0. The molecule has 0 saturated carbocycles. The Labute approximate surface area is 179 Å². The van der Waals surface area contributed by atoms with Gasteiger partial charge in [-0.25, -0.2) is 9.37 Å². The number of nitrogens with zero attached hydrogens (tertiary/aromatic N) is 4. The number of hydrogen-bond acceptors (Lipinski definition) is 8. The molecule has 162 valence electrons.